The van der Waals surface area contributed by atoms with Gasteiger partial charge in [-0.25, -0.2) is 0 Å². The number of carbonyl (C=O) groups is 2. The quantitative estimate of drug-likeness (QED) is 0.750. The van der Waals surface area contributed by atoms with Crippen LogP contribution in [0.15, 0.2) is 72.8 Å². The first-order valence-corrected chi connectivity index (χ1v) is 8.65. The highest BCUT2D eigenvalue weighted by Crippen LogP contribution is 2.43. The summed E-state index contributed by atoms with van der Waals surface area (Å²) in [5, 5.41) is 2.99. The Bertz CT molecular complexity index is 967. The van der Waals surface area contributed by atoms with Crippen molar-refractivity contribution in [2.45, 2.75) is 12.5 Å². The zero-order valence-electron chi connectivity index (χ0n) is 14.5. The van der Waals surface area contributed by atoms with Gasteiger partial charge in [0.2, 0.25) is 11.8 Å². The number of para-hydroxylation sites is 2. The Hall–Kier alpha value is -3.60. The zero-order chi connectivity index (χ0) is 18.8. The second-order valence-electron chi connectivity index (χ2n) is 6.39. The molecule has 2 amide bonds. The van der Waals surface area contributed by atoms with Gasteiger partial charge >= 0.3 is 0 Å². The molecule has 0 saturated carbocycles. The summed E-state index contributed by atoms with van der Waals surface area (Å²) in [7, 11) is 0. The monoisotopic (exact) mass is 358 g/mol. The van der Waals surface area contributed by atoms with Crippen molar-refractivity contribution in [2.24, 2.45) is 5.73 Å². The predicted octanol–water partition coefficient (Wildman–Crippen LogP) is 3.34. The Kier molecular flexibility index (Phi) is 4.34. The average molecular weight is 358 g/mol. The molecule has 27 heavy (non-hydrogen) atoms. The van der Waals surface area contributed by atoms with Gasteiger partial charge in [0.05, 0.1) is 5.92 Å². The van der Waals surface area contributed by atoms with Crippen molar-refractivity contribution in [3.05, 3.63) is 95.1 Å². The number of hydrogen-bond donors (Lipinski definition) is 2. The third kappa shape index (κ3) is 3.27. The first kappa shape index (κ1) is 16.8. The maximum Gasteiger partial charge on any atom is 0.248 e. The van der Waals surface area contributed by atoms with Gasteiger partial charge < -0.3 is 15.8 Å². The topological polar surface area (TPSA) is 81.4 Å². The molecule has 5 nitrogen and oxygen atoms in total. The molecule has 0 unspecified atom stereocenters. The van der Waals surface area contributed by atoms with E-state index in [-0.39, 0.29) is 5.91 Å². The summed E-state index contributed by atoms with van der Waals surface area (Å²) in [6.45, 7) is 0.361. The Labute approximate surface area is 156 Å². The molecule has 0 aromatic heterocycles. The van der Waals surface area contributed by atoms with Crippen LogP contribution in [0, 0.1) is 0 Å². The molecule has 1 aliphatic heterocycles. The van der Waals surface area contributed by atoms with E-state index in [4.69, 9.17) is 10.5 Å². The van der Waals surface area contributed by atoms with Crippen LogP contribution in [0.1, 0.15) is 33.0 Å². The summed E-state index contributed by atoms with van der Waals surface area (Å²) in [5.41, 5.74) is 8.28. The fourth-order valence-corrected chi connectivity index (χ4v) is 3.27. The molecule has 0 radical (unpaired) electrons. The van der Waals surface area contributed by atoms with Crippen molar-refractivity contribution in [3.63, 3.8) is 0 Å². The summed E-state index contributed by atoms with van der Waals surface area (Å²) >= 11 is 0. The van der Waals surface area contributed by atoms with E-state index in [0.29, 0.717) is 23.6 Å². The molecule has 5 heteroatoms. The Morgan fingerprint density at radius 3 is 1.96 bits per heavy atom. The minimum Gasteiger partial charge on any atom is -0.457 e. The van der Waals surface area contributed by atoms with E-state index in [9.17, 15) is 9.59 Å². The lowest BCUT2D eigenvalue weighted by Gasteiger charge is -2.27. The molecule has 0 spiro atoms. The SMILES string of the molecule is NC(=O)c1ccc(CNC(=O)C2c3ccccc3Oc3ccccc32)cc1. The predicted molar refractivity (Wildman–Crippen MR) is 102 cm³/mol. The molecule has 0 fully saturated rings. The molecule has 134 valence electrons. The van der Waals surface area contributed by atoms with Gasteiger partial charge in [0.15, 0.2) is 0 Å². The van der Waals surface area contributed by atoms with Gasteiger partial charge in [0.25, 0.3) is 0 Å². The third-order valence-corrected chi connectivity index (χ3v) is 4.65. The van der Waals surface area contributed by atoms with Crippen molar-refractivity contribution in [2.75, 3.05) is 0 Å². The molecule has 0 saturated heterocycles. The summed E-state index contributed by atoms with van der Waals surface area (Å²) in [6, 6.07) is 22.0. The smallest absolute Gasteiger partial charge is 0.248 e. The summed E-state index contributed by atoms with van der Waals surface area (Å²) in [4.78, 5) is 24.2. The second kappa shape index (κ2) is 6.96. The number of benzene rings is 3. The van der Waals surface area contributed by atoms with Crippen molar-refractivity contribution in [3.8, 4) is 11.5 Å². The number of ether oxygens (including phenoxy) is 1. The van der Waals surface area contributed by atoms with Crippen LogP contribution in [-0.4, -0.2) is 11.8 Å². The lowest BCUT2D eigenvalue weighted by atomic mass is 9.87. The Morgan fingerprint density at radius 2 is 1.41 bits per heavy atom. The van der Waals surface area contributed by atoms with Gasteiger partial charge in [-0.3, -0.25) is 9.59 Å². The number of hydrogen-bond acceptors (Lipinski definition) is 3. The van der Waals surface area contributed by atoms with Crippen molar-refractivity contribution < 1.29 is 14.3 Å². The maximum absolute atomic E-state index is 13.0. The van der Waals surface area contributed by atoms with Crippen LogP contribution < -0.4 is 15.8 Å². The third-order valence-electron chi connectivity index (χ3n) is 4.65. The van der Waals surface area contributed by atoms with Crippen LogP contribution >= 0.6 is 0 Å². The lowest BCUT2D eigenvalue weighted by Crippen LogP contribution is -2.31. The maximum atomic E-state index is 13.0. The minimum absolute atomic E-state index is 0.0998. The van der Waals surface area contributed by atoms with Crippen LogP contribution in [0.3, 0.4) is 0 Å². The van der Waals surface area contributed by atoms with Gasteiger partial charge in [0.1, 0.15) is 11.5 Å². The highest BCUT2D eigenvalue weighted by atomic mass is 16.5. The highest BCUT2D eigenvalue weighted by Gasteiger charge is 2.32. The summed E-state index contributed by atoms with van der Waals surface area (Å²) in [5.74, 6) is 0.388. The van der Waals surface area contributed by atoms with Gasteiger partial charge in [-0.1, -0.05) is 48.5 Å². The van der Waals surface area contributed by atoms with Crippen LogP contribution in [0.2, 0.25) is 0 Å². The molecule has 3 aromatic rings. The number of nitrogens with two attached hydrogens (primary N) is 1. The van der Waals surface area contributed by atoms with E-state index in [0.717, 1.165) is 16.7 Å². The molecule has 4 rings (SSSR count). The number of nitrogens with one attached hydrogen (secondary N) is 1. The van der Waals surface area contributed by atoms with Crippen LogP contribution in [-0.2, 0) is 11.3 Å². The van der Waals surface area contributed by atoms with Crippen molar-refractivity contribution in [1.82, 2.24) is 5.32 Å². The van der Waals surface area contributed by atoms with E-state index in [1.54, 1.807) is 24.3 Å². The van der Waals surface area contributed by atoms with Gasteiger partial charge in [-0.05, 0) is 29.8 Å². The summed E-state index contributed by atoms with van der Waals surface area (Å²) in [6.07, 6.45) is 0. The highest BCUT2D eigenvalue weighted by molar-refractivity contribution is 5.92. The van der Waals surface area contributed by atoms with E-state index in [1.165, 1.54) is 0 Å². The van der Waals surface area contributed by atoms with Crippen LogP contribution in [0.5, 0.6) is 11.5 Å². The molecule has 0 aliphatic carbocycles. The molecule has 3 N–H and O–H groups in total. The normalized spacial score (nSPS) is 12.4. The van der Waals surface area contributed by atoms with Gasteiger partial charge in [0, 0.05) is 23.2 Å². The molecular formula is C22H18N2O3. The number of primary amides is 1. The molecule has 0 atom stereocenters. The van der Waals surface area contributed by atoms with Crippen LogP contribution in [0.25, 0.3) is 0 Å². The standard InChI is InChI=1S/C22H18N2O3/c23-21(25)15-11-9-14(10-12-15)13-24-22(26)20-16-5-1-3-7-18(16)27-19-8-4-2-6-17(19)20/h1-12,20H,13H2,(H2,23,25)(H,24,26). The summed E-state index contributed by atoms with van der Waals surface area (Å²) < 4.78 is 5.93. The Balaban J connectivity index is 1.57. The average Bonchev–Trinajstić information content (AvgIpc) is 2.70. The van der Waals surface area contributed by atoms with Crippen LogP contribution in [0.4, 0.5) is 0 Å². The first-order chi connectivity index (χ1) is 13.1. The number of rotatable bonds is 4. The van der Waals surface area contributed by atoms with E-state index in [1.807, 2.05) is 48.5 Å². The molecule has 1 aliphatic rings. The van der Waals surface area contributed by atoms with E-state index in [2.05, 4.69) is 5.32 Å². The van der Waals surface area contributed by atoms with Crippen molar-refractivity contribution in [1.29, 1.82) is 0 Å². The molecule has 0 bridgehead atoms. The molecular weight excluding hydrogens is 340 g/mol. The lowest BCUT2D eigenvalue weighted by molar-refractivity contribution is -0.122. The zero-order valence-corrected chi connectivity index (χ0v) is 14.5. The van der Waals surface area contributed by atoms with E-state index >= 15 is 0 Å². The largest absolute Gasteiger partial charge is 0.457 e. The van der Waals surface area contributed by atoms with E-state index < -0.39 is 11.8 Å². The fourth-order valence-electron chi connectivity index (χ4n) is 3.27. The minimum atomic E-state index is -0.471. The van der Waals surface area contributed by atoms with Gasteiger partial charge in [-0.15, -0.1) is 0 Å². The second-order valence-corrected chi connectivity index (χ2v) is 6.39. The Morgan fingerprint density at radius 1 is 0.852 bits per heavy atom. The molecule has 1 heterocycles. The fraction of sp³-hybridized carbons (Fsp3) is 0.0909. The molecule has 3 aromatic carbocycles. The number of fused-ring (bicyclic) bond motifs is 2. The number of carbonyl (C=O) groups excluding carboxylic acids is 2. The van der Waals surface area contributed by atoms with Crippen molar-refractivity contribution >= 4 is 11.8 Å². The number of amides is 2. The first-order valence-electron chi connectivity index (χ1n) is 8.65. The van der Waals surface area contributed by atoms with Gasteiger partial charge in [-0.2, -0.15) is 0 Å².